The van der Waals surface area contributed by atoms with Crippen LogP contribution in [0.3, 0.4) is 0 Å². The van der Waals surface area contributed by atoms with Crippen LogP contribution >= 0.6 is 0 Å². The number of hydrogen-bond donors (Lipinski definition) is 1. The number of nitrogens with zero attached hydrogens (tertiary/aromatic N) is 2. The molecule has 2 aliphatic rings. The number of morpholine rings is 1. The minimum absolute atomic E-state index is 0.402. The van der Waals surface area contributed by atoms with E-state index in [9.17, 15) is 0 Å². The van der Waals surface area contributed by atoms with E-state index in [1.165, 1.54) is 45.3 Å². The van der Waals surface area contributed by atoms with Crippen LogP contribution in [0.5, 0.6) is 0 Å². The van der Waals surface area contributed by atoms with E-state index in [0.29, 0.717) is 12.1 Å². The van der Waals surface area contributed by atoms with Crippen molar-refractivity contribution < 1.29 is 4.74 Å². The van der Waals surface area contributed by atoms with E-state index in [1.807, 2.05) is 0 Å². The van der Waals surface area contributed by atoms with Gasteiger partial charge in [0.1, 0.15) is 0 Å². The molecule has 1 N–H and O–H groups in total. The van der Waals surface area contributed by atoms with Gasteiger partial charge in [-0.25, -0.2) is 0 Å². The largest absolute Gasteiger partial charge is 0.374 e. The lowest BCUT2D eigenvalue weighted by Crippen LogP contribution is -2.50. The molecule has 2 unspecified atom stereocenters. The van der Waals surface area contributed by atoms with Gasteiger partial charge in [0.15, 0.2) is 0 Å². The molecule has 2 rings (SSSR count). The van der Waals surface area contributed by atoms with Crippen molar-refractivity contribution in [2.75, 3.05) is 52.4 Å². The van der Waals surface area contributed by atoms with Crippen molar-refractivity contribution >= 4 is 0 Å². The number of nitrogens with one attached hydrogen (secondary N) is 1. The second kappa shape index (κ2) is 8.98. The van der Waals surface area contributed by atoms with E-state index in [0.717, 1.165) is 32.8 Å². The van der Waals surface area contributed by atoms with Gasteiger partial charge in [-0.1, -0.05) is 20.3 Å². The lowest BCUT2D eigenvalue weighted by Gasteiger charge is -2.37. The summed E-state index contributed by atoms with van der Waals surface area (Å²) in [6.45, 7) is 13.5. The standard InChI is InChI=1S/C16H33N3O/c1-3-9-19(12-15-7-5-6-8-17-15)14-16-13-18(4-2)10-11-20-16/h15-17H,3-14H2,1-2H3. The fraction of sp³-hybridized carbons (Fsp3) is 1.00. The maximum atomic E-state index is 5.97. The first-order valence-electron chi connectivity index (χ1n) is 8.61. The first-order valence-corrected chi connectivity index (χ1v) is 8.61. The maximum absolute atomic E-state index is 5.97. The van der Waals surface area contributed by atoms with Crippen molar-refractivity contribution in [2.45, 2.75) is 51.7 Å². The highest BCUT2D eigenvalue weighted by molar-refractivity contribution is 4.79. The predicted octanol–water partition coefficient (Wildman–Crippen LogP) is 1.56. The maximum Gasteiger partial charge on any atom is 0.0829 e. The molecular weight excluding hydrogens is 250 g/mol. The molecule has 0 aliphatic carbocycles. The SMILES string of the molecule is CCCN(CC1CCCCN1)CC1CN(CC)CCO1. The van der Waals surface area contributed by atoms with Crippen molar-refractivity contribution in [3.8, 4) is 0 Å². The summed E-state index contributed by atoms with van der Waals surface area (Å²) in [6, 6.07) is 0.696. The van der Waals surface area contributed by atoms with Crippen LogP contribution in [0.25, 0.3) is 0 Å². The molecule has 4 nitrogen and oxygen atoms in total. The summed E-state index contributed by atoms with van der Waals surface area (Å²) >= 11 is 0. The molecule has 2 fully saturated rings. The molecule has 20 heavy (non-hydrogen) atoms. The van der Waals surface area contributed by atoms with E-state index in [4.69, 9.17) is 4.74 Å². The summed E-state index contributed by atoms with van der Waals surface area (Å²) in [6.07, 6.45) is 5.71. The Kier molecular flexibility index (Phi) is 7.28. The summed E-state index contributed by atoms with van der Waals surface area (Å²) in [5.41, 5.74) is 0. The van der Waals surface area contributed by atoms with Crippen molar-refractivity contribution in [2.24, 2.45) is 0 Å². The second-order valence-corrected chi connectivity index (χ2v) is 6.29. The minimum atomic E-state index is 0.402. The van der Waals surface area contributed by atoms with Crippen LogP contribution in [0.15, 0.2) is 0 Å². The molecule has 0 amide bonds. The summed E-state index contributed by atoms with van der Waals surface area (Å²) in [5, 5.41) is 3.67. The Labute approximate surface area is 124 Å². The smallest absolute Gasteiger partial charge is 0.0829 e. The van der Waals surface area contributed by atoms with Crippen molar-refractivity contribution in [3.05, 3.63) is 0 Å². The molecule has 2 atom stereocenters. The van der Waals surface area contributed by atoms with Gasteiger partial charge in [-0.05, 0) is 38.9 Å². The zero-order valence-corrected chi connectivity index (χ0v) is 13.4. The second-order valence-electron chi connectivity index (χ2n) is 6.29. The first kappa shape index (κ1) is 16.2. The normalized spacial score (nSPS) is 28.9. The Balaban J connectivity index is 1.78. The molecule has 0 aromatic carbocycles. The minimum Gasteiger partial charge on any atom is -0.374 e. The Morgan fingerprint density at radius 1 is 1.25 bits per heavy atom. The third-order valence-corrected chi connectivity index (χ3v) is 4.56. The van der Waals surface area contributed by atoms with Crippen molar-refractivity contribution in [1.29, 1.82) is 0 Å². The highest BCUT2D eigenvalue weighted by Crippen LogP contribution is 2.11. The van der Waals surface area contributed by atoms with Gasteiger partial charge in [0.05, 0.1) is 12.7 Å². The highest BCUT2D eigenvalue weighted by Gasteiger charge is 2.23. The number of rotatable bonds is 7. The van der Waals surface area contributed by atoms with Crippen LogP contribution in [-0.2, 0) is 4.74 Å². The Morgan fingerprint density at radius 3 is 2.85 bits per heavy atom. The Bertz CT molecular complexity index is 256. The van der Waals surface area contributed by atoms with Gasteiger partial charge in [0.2, 0.25) is 0 Å². The summed E-state index contributed by atoms with van der Waals surface area (Å²) in [4.78, 5) is 5.13. The summed E-state index contributed by atoms with van der Waals surface area (Å²) in [5.74, 6) is 0. The fourth-order valence-electron chi connectivity index (χ4n) is 3.43. The topological polar surface area (TPSA) is 27.7 Å². The van der Waals surface area contributed by atoms with E-state index in [-0.39, 0.29) is 0 Å². The van der Waals surface area contributed by atoms with Crippen LogP contribution in [0.1, 0.15) is 39.5 Å². The van der Waals surface area contributed by atoms with Crippen molar-refractivity contribution in [3.63, 3.8) is 0 Å². The monoisotopic (exact) mass is 283 g/mol. The van der Waals surface area contributed by atoms with Gasteiger partial charge in [-0.3, -0.25) is 9.80 Å². The molecule has 2 heterocycles. The van der Waals surface area contributed by atoms with Crippen LogP contribution in [0.2, 0.25) is 0 Å². The zero-order valence-electron chi connectivity index (χ0n) is 13.4. The van der Waals surface area contributed by atoms with E-state index in [2.05, 4.69) is 29.0 Å². The van der Waals surface area contributed by atoms with Crippen LogP contribution < -0.4 is 5.32 Å². The highest BCUT2D eigenvalue weighted by atomic mass is 16.5. The summed E-state index contributed by atoms with van der Waals surface area (Å²) in [7, 11) is 0. The average Bonchev–Trinajstić information content (AvgIpc) is 2.49. The molecule has 0 aromatic rings. The number of piperidine rings is 1. The van der Waals surface area contributed by atoms with Crippen LogP contribution in [-0.4, -0.2) is 74.4 Å². The van der Waals surface area contributed by atoms with Gasteiger partial charge in [0, 0.05) is 32.2 Å². The van der Waals surface area contributed by atoms with Gasteiger partial charge in [0.25, 0.3) is 0 Å². The van der Waals surface area contributed by atoms with Crippen LogP contribution in [0.4, 0.5) is 0 Å². The van der Waals surface area contributed by atoms with E-state index >= 15 is 0 Å². The van der Waals surface area contributed by atoms with Crippen molar-refractivity contribution in [1.82, 2.24) is 15.1 Å². The molecule has 2 saturated heterocycles. The van der Waals surface area contributed by atoms with E-state index < -0.39 is 0 Å². The van der Waals surface area contributed by atoms with Gasteiger partial charge >= 0.3 is 0 Å². The molecule has 4 heteroatoms. The number of likely N-dealkylation sites (N-methyl/N-ethyl adjacent to an activating group) is 1. The predicted molar refractivity (Wildman–Crippen MR) is 84.2 cm³/mol. The lowest BCUT2D eigenvalue weighted by atomic mass is 10.0. The van der Waals surface area contributed by atoms with Crippen LogP contribution in [0, 0.1) is 0 Å². The third kappa shape index (κ3) is 5.32. The molecule has 0 bridgehead atoms. The molecule has 0 aromatic heterocycles. The number of hydrogen-bond acceptors (Lipinski definition) is 4. The molecule has 0 saturated carbocycles. The fourth-order valence-corrected chi connectivity index (χ4v) is 3.43. The zero-order chi connectivity index (χ0) is 14.2. The third-order valence-electron chi connectivity index (χ3n) is 4.56. The molecule has 2 aliphatic heterocycles. The average molecular weight is 283 g/mol. The summed E-state index contributed by atoms with van der Waals surface area (Å²) < 4.78 is 5.97. The van der Waals surface area contributed by atoms with Gasteiger partial charge in [-0.15, -0.1) is 0 Å². The molecule has 0 radical (unpaired) electrons. The molecule has 0 spiro atoms. The Hall–Kier alpha value is -0.160. The molecular formula is C16H33N3O. The van der Waals surface area contributed by atoms with Gasteiger partial charge in [-0.2, -0.15) is 0 Å². The molecule has 118 valence electrons. The van der Waals surface area contributed by atoms with E-state index in [1.54, 1.807) is 0 Å². The first-order chi connectivity index (χ1) is 9.81. The Morgan fingerprint density at radius 2 is 2.15 bits per heavy atom. The number of ether oxygens (including phenoxy) is 1. The quantitative estimate of drug-likeness (QED) is 0.767. The lowest BCUT2D eigenvalue weighted by molar-refractivity contribution is -0.0429. The van der Waals surface area contributed by atoms with Gasteiger partial charge < -0.3 is 10.1 Å².